The highest BCUT2D eigenvalue weighted by molar-refractivity contribution is 5.94. The summed E-state index contributed by atoms with van der Waals surface area (Å²) in [6.07, 6.45) is 3.38. The van der Waals surface area contributed by atoms with Crippen molar-refractivity contribution in [3.63, 3.8) is 0 Å². The molecule has 0 unspecified atom stereocenters. The summed E-state index contributed by atoms with van der Waals surface area (Å²) in [6.45, 7) is 3.97. The fourth-order valence-electron chi connectivity index (χ4n) is 2.91. The third-order valence-electron chi connectivity index (χ3n) is 4.04. The van der Waals surface area contributed by atoms with E-state index in [1.807, 2.05) is 13.8 Å². The molecule has 2 aromatic heterocycles. The smallest absolute Gasteiger partial charge is 0.273 e. The van der Waals surface area contributed by atoms with Crippen LogP contribution in [0.5, 0.6) is 0 Å². The van der Waals surface area contributed by atoms with Crippen LogP contribution in [0, 0.1) is 0 Å². The Kier molecular flexibility index (Phi) is 5.19. The summed E-state index contributed by atoms with van der Waals surface area (Å²) < 4.78 is 15.4. The van der Waals surface area contributed by atoms with Crippen molar-refractivity contribution in [2.75, 3.05) is 6.54 Å². The van der Waals surface area contributed by atoms with Crippen LogP contribution in [0.25, 0.3) is 0 Å². The molecule has 1 aliphatic rings. The van der Waals surface area contributed by atoms with E-state index in [1.54, 1.807) is 6.07 Å². The fourth-order valence-corrected chi connectivity index (χ4v) is 2.91. The van der Waals surface area contributed by atoms with Crippen LogP contribution in [0.4, 0.5) is 4.39 Å². The van der Waals surface area contributed by atoms with Crippen molar-refractivity contribution in [1.82, 2.24) is 35.4 Å². The van der Waals surface area contributed by atoms with Gasteiger partial charge in [-0.05, 0) is 19.9 Å². The molecule has 1 aliphatic heterocycles. The van der Waals surface area contributed by atoms with Crippen LogP contribution in [0.2, 0.25) is 0 Å². The molecule has 2 aromatic rings. The fraction of sp³-hybridized carbons (Fsp3) is 0.500. The van der Waals surface area contributed by atoms with Crippen LogP contribution in [0.3, 0.4) is 0 Å². The van der Waals surface area contributed by atoms with Crippen molar-refractivity contribution in [2.45, 2.75) is 45.1 Å². The lowest BCUT2D eigenvalue weighted by molar-refractivity contribution is 0.0713. The van der Waals surface area contributed by atoms with Crippen LogP contribution in [0.15, 0.2) is 24.7 Å². The molecule has 0 aliphatic carbocycles. The Morgan fingerprint density at radius 1 is 1.38 bits per heavy atom. The molecule has 0 radical (unpaired) electrons. The van der Waals surface area contributed by atoms with Crippen molar-refractivity contribution in [1.29, 1.82) is 0 Å². The minimum atomic E-state index is -1.11. The molecule has 1 saturated heterocycles. The summed E-state index contributed by atoms with van der Waals surface area (Å²) in [4.78, 5) is 26.0. The number of halogens is 1. The predicted molar refractivity (Wildman–Crippen MR) is 89.0 cm³/mol. The summed E-state index contributed by atoms with van der Waals surface area (Å²) in [5.74, 6) is -0.625. The zero-order chi connectivity index (χ0) is 18.7. The van der Waals surface area contributed by atoms with Gasteiger partial charge >= 0.3 is 0 Å². The van der Waals surface area contributed by atoms with Crippen molar-refractivity contribution < 1.29 is 14.0 Å². The number of hydrogen-bond donors (Lipinski definition) is 1. The summed E-state index contributed by atoms with van der Waals surface area (Å²) in [7, 11) is 0. The van der Waals surface area contributed by atoms with Crippen molar-refractivity contribution >= 4 is 11.8 Å². The van der Waals surface area contributed by atoms with Gasteiger partial charge in [0.2, 0.25) is 0 Å². The molecule has 9 nitrogen and oxygen atoms in total. The molecule has 3 heterocycles. The van der Waals surface area contributed by atoms with Crippen molar-refractivity contribution in [2.24, 2.45) is 0 Å². The highest BCUT2D eigenvalue weighted by Crippen LogP contribution is 2.23. The van der Waals surface area contributed by atoms with Gasteiger partial charge in [0.1, 0.15) is 6.17 Å². The number of nitrogens with zero attached hydrogens (tertiary/aromatic N) is 6. The summed E-state index contributed by atoms with van der Waals surface area (Å²) in [5.41, 5.74) is 0.541. The molecule has 0 spiro atoms. The molecule has 2 amide bonds. The highest BCUT2D eigenvalue weighted by atomic mass is 19.1. The lowest BCUT2D eigenvalue weighted by Gasteiger charge is -2.23. The van der Waals surface area contributed by atoms with Crippen LogP contribution in [0.1, 0.15) is 41.1 Å². The molecule has 2 atom stereocenters. The zero-order valence-corrected chi connectivity index (χ0v) is 14.5. The minimum Gasteiger partial charge on any atom is -0.348 e. The molecular weight excluding hydrogens is 341 g/mol. The minimum absolute atomic E-state index is 0.0151. The molecule has 0 saturated carbocycles. The number of hydrogen-bond acceptors (Lipinski definition) is 6. The monoisotopic (exact) mass is 361 g/mol. The Labute approximate surface area is 149 Å². The van der Waals surface area contributed by atoms with Gasteiger partial charge in [-0.25, -0.2) is 9.07 Å². The van der Waals surface area contributed by atoms with Crippen molar-refractivity contribution in [3.05, 3.63) is 35.9 Å². The quantitative estimate of drug-likeness (QED) is 0.829. The molecule has 3 rings (SSSR count). The second kappa shape index (κ2) is 7.54. The number of rotatable bonds is 5. The molecule has 0 aromatic carbocycles. The van der Waals surface area contributed by atoms with E-state index in [1.165, 1.54) is 28.2 Å². The van der Waals surface area contributed by atoms with E-state index in [-0.39, 0.29) is 49.1 Å². The number of nitrogens with one attached hydrogen (secondary N) is 1. The van der Waals surface area contributed by atoms with Crippen LogP contribution in [-0.4, -0.2) is 66.7 Å². The molecule has 26 heavy (non-hydrogen) atoms. The maximum absolute atomic E-state index is 13.9. The molecule has 10 heteroatoms. The maximum atomic E-state index is 13.9. The van der Waals surface area contributed by atoms with Gasteiger partial charge in [-0.2, -0.15) is 10.2 Å². The second-order valence-electron chi connectivity index (χ2n) is 6.53. The van der Waals surface area contributed by atoms with Gasteiger partial charge < -0.3 is 10.2 Å². The Morgan fingerprint density at radius 3 is 2.88 bits per heavy atom. The first-order valence-electron chi connectivity index (χ1n) is 8.36. The molecule has 1 fully saturated rings. The van der Waals surface area contributed by atoms with E-state index in [0.717, 1.165) is 0 Å². The number of carbonyl (C=O) groups excluding carboxylic acids is 2. The predicted octanol–water partition coefficient (Wildman–Crippen LogP) is 0.459. The Balaban J connectivity index is 1.71. The summed E-state index contributed by atoms with van der Waals surface area (Å²) in [5, 5.41) is 17.8. The first kappa shape index (κ1) is 17.9. The number of likely N-dealkylation sites (tertiary alicyclic amines) is 1. The normalized spacial score (nSPS) is 19.8. The number of amides is 2. The standard InChI is InChI=1S/C16H20FN7O2/c1-10(2)20-15(25)14-9-23(22-21-14)8-13-5-12(17)7-24(13)16(26)11-3-4-18-19-6-11/h3-4,6,9-10,12-13H,5,7-8H2,1-2H3,(H,20,25)/t12-,13-/m0/s1. The third kappa shape index (κ3) is 4.01. The first-order valence-corrected chi connectivity index (χ1v) is 8.36. The molecule has 0 bridgehead atoms. The molecular formula is C16H20FN7O2. The second-order valence-corrected chi connectivity index (χ2v) is 6.53. The third-order valence-corrected chi connectivity index (χ3v) is 4.04. The largest absolute Gasteiger partial charge is 0.348 e. The number of aromatic nitrogens is 5. The van der Waals surface area contributed by atoms with Gasteiger partial charge in [-0.15, -0.1) is 5.10 Å². The highest BCUT2D eigenvalue weighted by Gasteiger charge is 2.36. The van der Waals surface area contributed by atoms with Gasteiger partial charge in [0.05, 0.1) is 43.3 Å². The van der Waals surface area contributed by atoms with Gasteiger partial charge in [0.15, 0.2) is 5.69 Å². The average molecular weight is 361 g/mol. The lowest BCUT2D eigenvalue weighted by atomic mass is 10.2. The Bertz CT molecular complexity index is 780. The summed E-state index contributed by atoms with van der Waals surface area (Å²) >= 11 is 0. The Morgan fingerprint density at radius 2 is 2.19 bits per heavy atom. The van der Waals surface area contributed by atoms with E-state index in [0.29, 0.717) is 5.56 Å². The SMILES string of the molecule is CC(C)NC(=O)c1cn(C[C@@H]2C[C@H](F)CN2C(=O)c2ccnnc2)nn1. The van der Waals surface area contributed by atoms with E-state index in [9.17, 15) is 14.0 Å². The zero-order valence-electron chi connectivity index (χ0n) is 14.5. The molecule has 1 N–H and O–H groups in total. The topological polar surface area (TPSA) is 106 Å². The van der Waals surface area contributed by atoms with E-state index in [4.69, 9.17) is 0 Å². The molecule has 138 valence electrons. The van der Waals surface area contributed by atoms with Crippen LogP contribution < -0.4 is 5.32 Å². The lowest BCUT2D eigenvalue weighted by Crippen LogP contribution is -2.38. The van der Waals surface area contributed by atoms with Gasteiger partial charge in [-0.3, -0.25) is 9.59 Å². The Hall–Kier alpha value is -2.91. The number of alkyl halides is 1. The van der Waals surface area contributed by atoms with Gasteiger partial charge in [0.25, 0.3) is 11.8 Å². The summed E-state index contributed by atoms with van der Waals surface area (Å²) in [6, 6.07) is 1.15. The van der Waals surface area contributed by atoms with Gasteiger partial charge in [0, 0.05) is 12.5 Å². The van der Waals surface area contributed by atoms with Crippen LogP contribution in [-0.2, 0) is 6.54 Å². The van der Waals surface area contributed by atoms with Crippen LogP contribution >= 0.6 is 0 Å². The van der Waals surface area contributed by atoms with E-state index in [2.05, 4.69) is 25.8 Å². The average Bonchev–Trinajstić information content (AvgIpc) is 3.21. The van der Waals surface area contributed by atoms with Crippen molar-refractivity contribution in [3.8, 4) is 0 Å². The van der Waals surface area contributed by atoms with E-state index < -0.39 is 6.17 Å². The van der Waals surface area contributed by atoms with Gasteiger partial charge in [-0.1, -0.05) is 5.21 Å². The maximum Gasteiger partial charge on any atom is 0.273 e. The number of carbonyl (C=O) groups is 2. The first-order chi connectivity index (χ1) is 12.4. The van der Waals surface area contributed by atoms with E-state index >= 15 is 0 Å².